The average Bonchev–Trinajstić information content (AvgIpc) is 3.52. The van der Waals surface area contributed by atoms with Gasteiger partial charge < -0.3 is 9.32 Å². The van der Waals surface area contributed by atoms with Crippen molar-refractivity contribution in [2.24, 2.45) is 0 Å². The lowest BCUT2D eigenvalue weighted by molar-refractivity contribution is 0.669. The van der Waals surface area contributed by atoms with Gasteiger partial charge in [0.1, 0.15) is 11.2 Å². The van der Waals surface area contributed by atoms with E-state index < -0.39 is 0 Å². The molecule has 8 aromatic carbocycles. The number of nitrogens with zero attached hydrogens (tertiary/aromatic N) is 1. The number of hydrogen-bond donors (Lipinski definition) is 0. The Morgan fingerprint density at radius 1 is 0.453 bits per heavy atom. The highest BCUT2D eigenvalue weighted by molar-refractivity contribution is 6.08. The smallest absolute Gasteiger partial charge is 0.135 e. The molecular weight excluding hydrogens is 643 g/mol. The fourth-order valence-electron chi connectivity index (χ4n) is 8.48. The maximum absolute atomic E-state index is 6.30. The van der Waals surface area contributed by atoms with Gasteiger partial charge in [-0.25, -0.2) is 0 Å². The van der Waals surface area contributed by atoms with Crippen molar-refractivity contribution in [1.29, 1.82) is 0 Å². The summed E-state index contributed by atoms with van der Waals surface area (Å²) in [6, 6.07) is 70.5. The van der Waals surface area contributed by atoms with Crippen LogP contribution in [0.4, 0.5) is 17.1 Å². The third-order valence-corrected chi connectivity index (χ3v) is 10.9. The second-order valence-corrected chi connectivity index (χ2v) is 14.0. The summed E-state index contributed by atoms with van der Waals surface area (Å²) in [5.74, 6) is 0.267. The van der Waals surface area contributed by atoms with Gasteiger partial charge in [-0.05, 0) is 106 Å². The number of aryl methyl sites for hydroxylation is 1. The fraction of sp³-hybridized carbons (Fsp3) is 0.0588. The summed E-state index contributed by atoms with van der Waals surface area (Å²) in [6.45, 7) is 0. The zero-order chi connectivity index (χ0) is 35.1. The van der Waals surface area contributed by atoms with E-state index in [1.54, 1.807) is 0 Å². The molecule has 0 saturated carbocycles. The molecule has 0 spiro atoms. The van der Waals surface area contributed by atoms with Gasteiger partial charge in [0.05, 0.1) is 5.69 Å². The van der Waals surface area contributed by atoms with Crippen LogP contribution in [-0.2, 0) is 6.42 Å². The lowest BCUT2D eigenvalue weighted by Gasteiger charge is -2.30. The molecule has 0 fully saturated rings. The first-order valence-electron chi connectivity index (χ1n) is 18.5. The van der Waals surface area contributed by atoms with E-state index in [2.05, 4.69) is 193 Å². The first-order chi connectivity index (χ1) is 26.3. The first kappa shape index (κ1) is 31.1. The van der Waals surface area contributed by atoms with Crippen molar-refractivity contribution < 1.29 is 4.42 Å². The minimum absolute atomic E-state index is 0.267. The first-order valence-corrected chi connectivity index (χ1v) is 18.5. The number of fused-ring (bicyclic) bond motifs is 6. The molecular formula is C51H37NO. The predicted octanol–water partition coefficient (Wildman–Crippen LogP) is 14.1. The van der Waals surface area contributed by atoms with Crippen LogP contribution in [-0.4, -0.2) is 0 Å². The molecule has 0 bridgehead atoms. The fourth-order valence-corrected chi connectivity index (χ4v) is 8.48. The second kappa shape index (κ2) is 13.2. The molecule has 1 atom stereocenters. The van der Waals surface area contributed by atoms with Crippen LogP contribution in [0.5, 0.6) is 0 Å². The van der Waals surface area contributed by atoms with Gasteiger partial charge in [0.25, 0.3) is 0 Å². The van der Waals surface area contributed by atoms with Crippen LogP contribution in [0.15, 0.2) is 199 Å². The molecule has 0 saturated heterocycles. The monoisotopic (exact) mass is 679 g/mol. The molecule has 53 heavy (non-hydrogen) atoms. The van der Waals surface area contributed by atoms with E-state index >= 15 is 0 Å². The Morgan fingerprint density at radius 2 is 1.15 bits per heavy atom. The van der Waals surface area contributed by atoms with Crippen molar-refractivity contribution in [2.75, 3.05) is 4.90 Å². The van der Waals surface area contributed by atoms with Crippen molar-refractivity contribution >= 4 is 39.0 Å². The minimum Gasteiger partial charge on any atom is -0.456 e. The molecule has 252 valence electrons. The lowest BCUT2D eigenvalue weighted by atomic mass is 9.85. The highest BCUT2D eigenvalue weighted by atomic mass is 16.3. The molecule has 1 aliphatic carbocycles. The molecule has 9 aromatic rings. The molecule has 10 rings (SSSR count). The van der Waals surface area contributed by atoms with Crippen LogP contribution in [0.2, 0.25) is 0 Å². The van der Waals surface area contributed by atoms with E-state index in [0.29, 0.717) is 0 Å². The normalized spacial score (nSPS) is 13.7. The summed E-state index contributed by atoms with van der Waals surface area (Å²) in [4.78, 5) is 2.46. The number of benzene rings is 8. The third-order valence-electron chi connectivity index (χ3n) is 10.9. The predicted molar refractivity (Wildman–Crippen MR) is 221 cm³/mol. The number of para-hydroxylation sites is 2. The van der Waals surface area contributed by atoms with Crippen molar-refractivity contribution in [2.45, 2.75) is 18.8 Å². The highest BCUT2D eigenvalue weighted by Gasteiger charge is 2.27. The van der Waals surface area contributed by atoms with Gasteiger partial charge in [0.2, 0.25) is 0 Å². The maximum atomic E-state index is 6.30. The Kier molecular flexibility index (Phi) is 7.73. The Labute approximate surface area is 310 Å². The Morgan fingerprint density at radius 3 is 2.00 bits per heavy atom. The minimum atomic E-state index is 0.267. The SMILES string of the molecule is c1ccc(-c2cccc(N(c3ccccc3)c3ccc4c(c3)C(c3ccccc3)CCc3ccccc3-4)c2-c2ccc3oc4ccccc4c3c2)cc1. The summed E-state index contributed by atoms with van der Waals surface area (Å²) in [5, 5.41) is 2.24. The molecule has 1 aliphatic rings. The third kappa shape index (κ3) is 5.51. The van der Waals surface area contributed by atoms with E-state index in [1.165, 1.54) is 44.5 Å². The van der Waals surface area contributed by atoms with Gasteiger partial charge >= 0.3 is 0 Å². The number of hydrogen-bond acceptors (Lipinski definition) is 2. The molecule has 2 heteroatoms. The summed E-state index contributed by atoms with van der Waals surface area (Å²) in [5.41, 5.74) is 16.6. The van der Waals surface area contributed by atoms with Gasteiger partial charge in [-0.3, -0.25) is 0 Å². The van der Waals surface area contributed by atoms with Crippen LogP contribution in [0, 0.1) is 0 Å². The van der Waals surface area contributed by atoms with Gasteiger partial charge in [-0.15, -0.1) is 0 Å². The molecule has 2 nitrogen and oxygen atoms in total. The van der Waals surface area contributed by atoms with Crippen LogP contribution >= 0.6 is 0 Å². The van der Waals surface area contributed by atoms with Gasteiger partial charge in [0, 0.05) is 33.6 Å². The highest BCUT2D eigenvalue weighted by Crippen LogP contribution is 2.49. The van der Waals surface area contributed by atoms with E-state index in [0.717, 1.165) is 57.4 Å². The zero-order valence-electron chi connectivity index (χ0n) is 29.3. The van der Waals surface area contributed by atoms with E-state index in [1.807, 2.05) is 6.07 Å². The van der Waals surface area contributed by atoms with Crippen molar-refractivity contribution in [1.82, 2.24) is 0 Å². The average molecular weight is 680 g/mol. The molecule has 1 unspecified atom stereocenters. The molecule has 0 aliphatic heterocycles. The molecule has 1 heterocycles. The largest absolute Gasteiger partial charge is 0.456 e. The molecule has 0 amide bonds. The second-order valence-electron chi connectivity index (χ2n) is 14.0. The lowest BCUT2D eigenvalue weighted by Crippen LogP contribution is -2.13. The van der Waals surface area contributed by atoms with Crippen LogP contribution in [0.1, 0.15) is 29.0 Å². The summed E-state index contributed by atoms with van der Waals surface area (Å²) in [7, 11) is 0. The molecule has 0 radical (unpaired) electrons. The number of anilines is 3. The summed E-state index contributed by atoms with van der Waals surface area (Å²) >= 11 is 0. The van der Waals surface area contributed by atoms with Crippen molar-refractivity contribution in [3.05, 3.63) is 211 Å². The summed E-state index contributed by atoms with van der Waals surface area (Å²) in [6.07, 6.45) is 2.09. The van der Waals surface area contributed by atoms with Crippen LogP contribution in [0.3, 0.4) is 0 Å². The van der Waals surface area contributed by atoms with Gasteiger partial charge in [-0.1, -0.05) is 146 Å². The zero-order valence-corrected chi connectivity index (χ0v) is 29.3. The van der Waals surface area contributed by atoms with Crippen LogP contribution in [0.25, 0.3) is 55.3 Å². The Balaban J connectivity index is 1.24. The maximum Gasteiger partial charge on any atom is 0.135 e. The number of furan rings is 1. The van der Waals surface area contributed by atoms with E-state index in [9.17, 15) is 0 Å². The Hall–Kier alpha value is -6.64. The quantitative estimate of drug-likeness (QED) is 0.174. The van der Waals surface area contributed by atoms with Gasteiger partial charge in [0.15, 0.2) is 0 Å². The van der Waals surface area contributed by atoms with E-state index in [-0.39, 0.29) is 5.92 Å². The van der Waals surface area contributed by atoms with Gasteiger partial charge in [-0.2, -0.15) is 0 Å². The Bertz CT molecular complexity index is 2730. The topological polar surface area (TPSA) is 16.4 Å². The number of rotatable bonds is 6. The standard InChI is InChI=1S/C51H37NO/c1-4-15-35(16-5-1)42-30-27-37-19-10-11-22-41(37)44-31-29-40(34-46(42)44)52(39-20-8-3-9-21-39)48-25-14-24-43(36-17-6-2-7-18-36)51(48)38-28-32-50-47(33-38)45-23-12-13-26-49(45)53-50/h1-26,28-29,31-34,42H,27,30H2. The molecule has 1 aromatic heterocycles. The van der Waals surface area contributed by atoms with Crippen molar-refractivity contribution in [3.8, 4) is 33.4 Å². The molecule has 0 N–H and O–H groups in total. The van der Waals surface area contributed by atoms with E-state index in [4.69, 9.17) is 4.42 Å². The van der Waals surface area contributed by atoms with Crippen LogP contribution < -0.4 is 4.90 Å². The summed E-state index contributed by atoms with van der Waals surface area (Å²) < 4.78 is 6.30. The van der Waals surface area contributed by atoms with Crippen molar-refractivity contribution in [3.63, 3.8) is 0 Å².